The summed E-state index contributed by atoms with van der Waals surface area (Å²) in [6.45, 7) is 1.32. The molecule has 5 nitrogen and oxygen atoms in total. The zero-order valence-corrected chi connectivity index (χ0v) is 11.6. The first-order valence-electron chi connectivity index (χ1n) is 5.83. The lowest BCUT2D eigenvalue weighted by molar-refractivity contribution is 0.269. The normalized spacial score (nSPS) is 9.79. The SMILES string of the molecule is COc1ccc(CNc2ccn(CCO)n2)cc1.Cl. The van der Waals surface area contributed by atoms with Crippen molar-refractivity contribution in [1.82, 2.24) is 9.78 Å². The van der Waals surface area contributed by atoms with Crippen molar-refractivity contribution in [1.29, 1.82) is 0 Å². The number of nitrogens with zero attached hydrogens (tertiary/aromatic N) is 2. The molecule has 0 saturated carbocycles. The van der Waals surface area contributed by atoms with E-state index >= 15 is 0 Å². The number of anilines is 1. The second-order valence-electron chi connectivity index (χ2n) is 3.89. The Balaban J connectivity index is 0.00000180. The van der Waals surface area contributed by atoms with Gasteiger partial charge in [0.2, 0.25) is 0 Å². The first kappa shape index (κ1) is 15.3. The van der Waals surface area contributed by atoms with Crippen LogP contribution in [0.3, 0.4) is 0 Å². The Morgan fingerprint density at radius 3 is 2.63 bits per heavy atom. The number of rotatable bonds is 6. The summed E-state index contributed by atoms with van der Waals surface area (Å²) in [6, 6.07) is 9.77. The number of methoxy groups -OCH3 is 1. The van der Waals surface area contributed by atoms with E-state index in [1.54, 1.807) is 11.8 Å². The van der Waals surface area contributed by atoms with Gasteiger partial charge < -0.3 is 15.2 Å². The maximum atomic E-state index is 8.79. The highest BCUT2D eigenvalue weighted by atomic mass is 35.5. The number of aliphatic hydroxyl groups excluding tert-OH is 1. The van der Waals surface area contributed by atoms with Crippen LogP contribution in [-0.4, -0.2) is 28.6 Å². The fourth-order valence-corrected chi connectivity index (χ4v) is 1.62. The molecule has 0 aliphatic rings. The van der Waals surface area contributed by atoms with Gasteiger partial charge in [-0.25, -0.2) is 0 Å². The minimum atomic E-state index is 0. The number of hydrogen-bond acceptors (Lipinski definition) is 4. The van der Waals surface area contributed by atoms with Gasteiger partial charge in [0.15, 0.2) is 0 Å². The number of aromatic nitrogens is 2. The van der Waals surface area contributed by atoms with Crippen molar-refractivity contribution >= 4 is 18.2 Å². The second kappa shape index (κ2) is 7.66. The van der Waals surface area contributed by atoms with Gasteiger partial charge in [-0.3, -0.25) is 4.68 Å². The molecule has 0 radical (unpaired) electrons. The average Bonchev–Trinajstić information content (AvgIpc) is 2.85. The van der Waals surface area contributed by atoms with Crippen LogP contribution in [0, 0.1) is 0 Å². The minimum absolute atomic E-state index is 0. The first-order chi connectivity index (χ1) is 8.81. The molecule has 0 bridgehead atoms. The predicted octanol–water partition coefficient (Wildman–Crippen LogP) is 1.92. The van der Waals surface area contributed by atoms with Gasteiger partial charge in [0.1, 0.15) is 11.6 Å². The topological polar surface area (TPSA) is 59.3 Å². The van der Waals surface area contributed by atoms with Crippen molar-refractivity contribution in [2.24, 2.45) is 0 Å². The van der Waals surface area contributed by atoms with E-state index in [0.717, 1.165) is 17.1 Å². The molecule has 0 unspecified atom stereocenters. The van der Waals surface area contributed by atoms with E-state index in [4.69, 9.17) is 9.84 Å². The molecule has 1 heterocycles. The lowest BCUT2D eigenvalue weighted by atomic mass is 10.2. The zero-order valence-electron chi connectivity index (χ0n) is 10.7. The summed E-state index contributed by atoms with van der Waals surface area (Å²) in [5, 5.41) is 16.3. The molecular weight excluding hydrogens is 266 g/mol. The van der Waals surface area contributed by atoms with Crippen LogP contribution in [0.2, 0.25) is 0 Å². The van der Waals surface area contributed by atoms with E-state index < -0.39 is 0 Å². The summed E-state index contributed by atoms with van der Waals surface area (Å²) in [7, 11) is 1.65. The monoisotopic (exact) mass is 283 g/mol. The fourth-order valence-electron chi connectivity index (χ4n) is 1.62. The lowest BCUT2D eigenvalue weighted by Crippen LogP contribution is -2.04. The highest BCUT2D eigenvalue weighted by molar-refractivity contribution is 5.85. The predicted molar refractivity (Wildman–Crippen MR) is 76.9 cm³/mol. The van der Waals surface area contributed by atoms with E-state index in [1.807, 2.05) is 36.5 Å². The first-order valence-corrected chi connectivity index (χ1v) is 5.83. The molecule has 1 aromatic heterocycles. The largest absolute Gasteiger partial charge is 0.497 e. The number of hydrogen-bond donors (Lipinski definition) is 2. The molecule has 0 saturated heterocycles. The molecule has 0 atom stereocenters. The Kier molecular flexibility index (Phi) is 6.18. The van der Waals surface area contributed by atoms with E-state index in [2.05, 4.69) is 10.4 Å². The van der Waals surface area contributed by atoms with Crippen LogP contribution in [0.5, 0.6) is 5.75 Å². The van der Waals surface area contributed by atoms with Crippen LogP contribution < -0.4 is 10.1 Å². The summed E-state index contributed by atoms with van der Waals surface area (Å²) in [5.74, 6) is 1.66. The van der Waals surface area contributed by atoms with Crippen LogP contribution in [-0.2, 0) is 13.1 Å². The molecule has 0 aliphatic heterocycles. The molecule has 2 aromatic rings. The van der Waals surface area contributed by atoms with Crippen LogP contribution in [0.15, 0.2) is 36.5 Å². The van der Waals surface area contributed by atoms with Crippen molar-refractivity contribution < 1.29 is 9.84 Å². The molecule has 0 spiro atoms. The average molecular weight is 284 g/mol. The molecule has 6 heteroatoms. The van der Waals surface area contributed by atoms with Gasteiger partial charge in [0.25, 0.3) is 0 Å². The summed E-state index contributed by atoms with van der Waals surface area (Å²) in [4.78, 5) is 0. The highest BCUT2D eigenvalue weighted by Crippen LogP contribution is 2.12. The maximum Gasteiger partial charge on any atom is 0.148 e. The Morgan fingerprint density at radius 1 is 1.26 bits per heavy atom. The van der Waals surface area contributed by atoms with Gasteiger partial charge in [0.05, 0.1) is 20.3 Å². The zero-order chi connectivity index (χ0) is 12.8. The smallest absolute Gasteiger partial charge is 0.148 e. The van der Waals surface area contributed by atoms with Gasteiger partial charge in [-0.15, -0.1) is 12.4 Å². The molecule has 19 heavy (non-hydrogen) atoms. The molecule has 1 aromatic carbocycles. The standard InChI is InChI=1S/C13H17N3O2.ClH/c1-18-12-4-2-11(3-5-12)10-14-13-6-7-16(15-13)8-9-17;/h2-7,17H,8-10H2,1H3,(H,14,15);1H. The lowest BCUT2D eigenvalue weighted by Gasteiger charge is -2.04. The summed E-state index contributed by atoms with van der Waals surface area (Å²) < 4.78 is 6.81. The highest BCUT2D eigenvalue weighted by Gasteiger charge is 1.99. The molecule has 0 aliphatic carbocycles. The minimum Gasteiger partial charge on any atom is -0.497 e. The van der Waals surface area contributed by atoms with Crippen LogP contribution in [0.1, 0.15) is 5.56 Å². The Hall–Kier alpha value is -1.72. The third kappa shape index (κ3) is 4.46. The number of nitrogens with one attached hydrogen (secondary N) is 1. The number of ether oxygens (including phenoxy) is 1. The van der Waals surface area contributed by atoms with Gasteiger partial charge in [-0.2, -0.15) is 5.10 Å². The Labute approximate surface area is 118 Å². The van der Waals surface area contributed by atoms with Crippen molar-refractivity contribution in [3.8, 4) is 5.75 Å². The summed E-state index contributed by atoms with van der Waals surface area (Å²) in [6.07, 6.45) is 1.84. The molecular formula is C13H18ClN3O2. The Bertz CT molecular complexity index is 485. The molecule has 2 N–H and O–H groups in total. The quantitative estimate of drug-likeness (QED) is 0.850. The third-order valence-electron chi connectivity index (χ3n) is 2.60. The second-order valence-corrected chi connectivity index (χ2v) is 3.89. The number of halogens is 1. The van der Waals surface area contributed by atoms with Crippen LogP contribution in [0.4, 0.5) is 5.82 Å². The number of benzene rings is 1. The molecule has 104 valence electrons. The van der Waals surface area contributed by atoms with Crippen molar-refractivity contribution in [3.63, 3.8) is 0 Å². The van der Waals surface area contributed by atoms with Gasteiger partial charge in [-0.05, 0) is 17.7 Å². The number of aliphatic hydroxyl groups is 1. The summed E-state index contributed by atoms with van der Waals surface area (Å²) in [5.41, 5.74) is 1.16. The Morgan fingerprint density at radius 2 is 2.00 bits per heavy atom. The van der Waals surface area contributed by atoms with Crippen LogP contribution >= 0.6 is 12.4 Å². The summed E-state index contributed by atoms with van der Waals surface area (Å²) >= 11 is 0. The van der Waals surface area contributed by atoms with Gasteiger partial charge in [-0.1, -0.05) is 12.1 Å². The third-order valence-corrected chi connectivity index (χ3v) is 2.60. The van der Waals surface area contributed by atoms with Crippen molar-refractivity contribution in [2.75, 3.05) is 19.0 Å². The molecule has 2 rings (SSSR count). The maximum absolute atomic E-state index is 8.79. The van der Waals surface area contributed by atoms with E-state index in [-0.39, 0.29) is 19.0 Å². The van der Waals surface area contributed by atoms with E-state index in [9.17, 15) is 0 Å². The van der Waals surface area contributed by atoms with E-state index in [0.29, 0.717) is 13.1 Å². The van der Waals surface area contributed by atoms with Gasteiger partial charge in [0, 0.05) is 18.8 Å². The van der Waals surface area contributed by atoms with E-state index in [1.165, 1.54) is 0 Å². The fraction of sp³-hybridized carbons (Fsp3) is 0.308. The van der Waals surface area contributed by atoms with Crippen molar-refractivity contribution in [3.05, 3.63) is 42.1 Å². The van der Waals surface area contributed by atoms with Gasteiger partial charge >= 0.3 is 0 Å². The molecule has 0 amide bonds. The molecule has 0 fully saturated rings. The van der Waals surface area contributed by atoms with Crippen molar-refractivity contribution in [2.45, 2.75) is 13.1 Å². The van der Waals surface area contributed by atoms with Crippen LogP contribution in [0.25, 0.3) is 0 Å².